The van der Waals surface area contributed by atoms with Crippen LogP contribution in [0.2, 0.25) is 0 Å². The number of amides is 1. The minimum absolute atomic E-state index is 0.256. The topological polar surface area (TPSA) is 66.0 Å². The second-order valence-electron chi connectivity index (χ2n) is 4.20. The molecule has 20 heavy (non-hydrogen) atoms. The number of benzene rings is 1. The fourth-order valence-electron chi connectivity index (χ4n) is 1.80. The minimum Gasteiger partial charge on any atom is -0.497 e. The summed E-state index contributed by atoms with van der Waals surface area (Å²) in [4.78, 5) is 12.2. The number of hydrogen-bond acceptors (Lipinski definition) is 5. The Hall–Kier alpha value is -1.79. The highest BCUT2D eigenvalue weighted by atomic mass is 16.7. The van der Waals surface area contributed by atoms with Crippen LogP contribution in [-0.4, -0.2) is 46.7 Å². The Morgan fingerprint density at radius 3 is 1.90 bits per heavy atom. The molecule has 1 atom stereocenters. The van der Waals surface area contributed by atoms with Gasteiger partial charge in [0, 0.05) is 25.8 Å². The molecule has 0 radical (unpaired) electrons. The highest BCUT2D eigenvalue weighted by molar-refractivity contribution is 5.95. The van der Waals surface area contributed by atoms with Gasteiger partial charge < -0.3 is 24.3 Å². The molecule has 0 aliphatic heterocycles. The van der Waals surface area contributed by atoms with Crippen molar-refractivity contribution in [2.24, 2.45) is 0 Å². The summed E-state index contributed by atoms with van der Waals surface area (Å²) in [6.07, 6.45) is -0.508. The first-order chi connectivity index (χ1) is 9.55. The van der Waals surface area contributed by atoms with Crippen LogP contribution in [-0.2, 0) is 9.47 Å². The number of rotatable bonds is 7. The van der Waals surface area contributed by atoms with E-state index in [1.165, 1.54) is 28.4 Å². The molecular weight excluding hydrogens is 262 g/mol. The predicted molar refractivity (Wildman–Crippen MR) is 74.3 cm³/mol. The third kappa shape index (κ3) is 4.11. The van der Waals surface area contributed by atoms with E-state index in [4.69, 9.17) is 18.9 Å². The fourth-order valence-corrected chi connectivity index (χ4v) is 1.80. The molecule has 1 unspecified atom stereocenters. The molecule has 1 aromatic rings. The Labute approximate surface area is 119 Å². The van der Waals surface area contributed by atoms with Gasteiger partial charge >= 0.3 is 0 Å². The number of carbonyl (C=O) groups is 1. The van der Waals surface area contributed by atoms with Crippen LogP contribution < -0.4 is 14.8 Å². The number of methoxy groups -OCH3 is 4. The van der Waals surface area contributed by atoms with Gasteiger partial charge in [0.05, 0.1) is 20.3 Å². The van der Waals surface area contributed by atoms with Gasteiger partial charge in [-0.3, -0.25) is 4.79 Å². The Morgan fingerprint density at radius 2 is 1.50 bits per heavy atom. The maximum absolute atomic E-state index is 12.2. The summed E-state index contributed by atoms with van der Waals surface area (Å²) in [5.41, 5.74) is 0.444. The van der Waals surface area contributed by atoms with Crippen LogP contribution in [0.15, 0.2) is 18.2 Å². The van der Waals surface area contributed by atoms with E-state index in [0.717, 1.165) is 0 Å². The Balaban J connectivity index is 2.86. The van der Waals surface area contributed by atoms with Crippen LogP contribution in [0, 0.1) is 0 Å². The number of ether oxygens (including phenoxy) is 4. The second kappa shape index (κ2) is 7.72. The van der Waals surface area contributed by atoms with Crippen LogP contribution >= 0.6 is 0 Å². The van der Waals surface area contributed by atoms with Crippen molar-refractivity contribution in [3.05, 3.63) is 23.8 Å². The lowest BCUT2D eigenvalue weighted by molar-refractivity contribution is -0.117. The van der Waals surface area contributed by atoms with E-state index in [1.54, 1.807) is 25.1 Å². The van der Waals surface area contributed by atoms with E-state index in [2.05, 4.69) is 5.32 Å². The maximum Gasteiger partial charge on any atom is 0.251 e. The number of carbonyl (C=O) groups excluding carboxylic acids is 1. The smallest absolute Gasteiger partial charge is 0.251 e. The van der Waals surface area contributed by atoms with E-state index >= 15 is 0 Å². The van der Waals surface area contributed by atoms with Crippen molar-refractivity contribution in [3.63, 3.8) is 0 Å². The summed E-state index contributed by atoms with van der Waals surface area (Å²) in [6.45, 7) is 1.80. The first-order valence-corrected chi connectivity index (χ1v) is 6.15. The molecule has 0 fully saturated rings. The van der Waals surface area contributed by atoms with Gasteiger partial charge in [0.15, 0.2) is 6.29 Å². The molecule has 0 spiro atoms. The largest absolute Gasteiger partial charge is 0.497 e. The third-order valence-corrected chi connectivity index (χ3v) is 2.85. The van der Waals surface area contributed by atoms with Crippen molar-refractivity contribution in [3.8, 4) is 11.5 Å². The molecule has 1 N–H and O–H groups in total. The van der Waals surface area contributed by atoms with Crippen LogP contribution in [0.1, 0.15) is 17.3 Å². The molecule has 6 heteroatoms. The van der Waals surface area contributed by atoms with Crippen LogP contribution in [0.4, 0.5) is 0 Å². The minimum atomic E-state index is -0.508. The van der Waals surface area contributed by atoms with Gasteiger partial charge in [-0.15, -0.1) is 0 Å². The van der Waals surface area contributed by atoms with Crippen molar-refractivity contribution in [1.29, 1.82) is 0 Å². The molecule has 0 aliphatic rings. The SMILES string of the molecule is COc1cc(OC)cc(C(=O)NC(C)C(OC)OC)c1. The summed E-state index contributed by atoms with van der Waals surface area (Å²) in [5, 5.41) is 2.80. The Morgan fingerprint density at radius 1 is 1.00 bits per heavy atom. The normalized spacial score (nSPS) is 12.1. The van der Waals surface area contributed by atoms with Crippen molar-refractivity contribution in [2.75, 3.05) is 28.4 Å². The molecule has 0 aromatic heterocycles. The lowest BCUT2D eigenvalue weighted by atomic mass is 10.1. The summed E-state index contributed by atoms with van der Waals surface area (Å²) < 4.78 is 20.5. The molecular formula is C14H21NO5. The third-order valence-electron chi connectivity index (χ3n) is 2.85. The van der Waals surface area contributed by atoms with Gasteiger partial charge in [0.25, 0.3) is 5.91 Å². The second-order valence-corrected chi connectivity index (χ2v) is 4.20. The molecule has 1 amide bonds. The molecule has 1 aromatic carbocycles. The molecule has 112 valence electrons. The van der Waals surface area contributed by atoms with Gasteiger partial charge in [0.1, 0.15) is 11.5 Å². The van der Waals surface area contributed by atoms with Gasteiger partial charge in [-0.05, 0) is 19.1 Å². The summed E-state index contributed by atoms with van der Waals surface area (Å²) in [5.74, 6) is 0.850. The quantitative estimate of drug-likeness (QED) is 0.767. The first-order valence-electron chi connectivity index (χ1n) is 6.15. The van der Waals surface area contributed by atoms with E-state index < -0.39 is 6.29 Å². The van der Waals surface area contributed by atoms with Crippen LogP contribution in [0.25, 0.3) is 0 Å². The first kappa shape index (κ1) is 16.3. The zero-order valence-corrected chi connectivity index (χ0v) is 12.4. The molecule has 1 rings (SSSR count). The van der Waals surface area contributed by atoms with E-state index in [1.807, 2.05) is 0 Å². The van der Waals surface area contributed by atoms with Crippen molar-refractivity contribution in [2.45, 2.75) is 19.3 Å². The summed E-state index contributed by atoms with van der Waals surface area (Å²) in [7, 11) is 6.10. The van der Waals surface area contributed by atoms with E-state index in [-0.39, 0.29) is 11.9 Å². The van der Waals surface area contributed by atoms with Crippen LogP contribution in [0.3, 0.4) is 0 Å². The highest BCUT2D eigenvalue weighted by Crippen LogP contribution is 2.22. The summed E-state index contributed by atoms with van der Waals surface area (Å²) in [6, 6.07) is 4.68. The zero-order valence-electron chi connectivity index (χ0n) is 12.4. The van der Waals surface area contributed by atoms with Crippen molar-refractivity contribution in [1.82, 2.24) is 5.32 Å². The average molecular weight is 283 g/mol. The monoisotopic (exact) mass is 283 g/mol. The Bertz CT molecular complexity index is 423. The summed E-state index contributed by atoms with van der Waals surface area (Å²) >= 11 is 0. The van der Waals surface area contributed by atoms with Crippen molar-refractivity contribution >= 4 is 5.91 Å². The lowest BCUT2D eigenvalue weighted by Gasteiger charge is -2.22. The number of nitrogens with one attached hydrogen (secondary N) is 1. The van der Waals surface area contributed by atoms with E-state index in [9.17, 15) is 4.79 Å². The van der Waals surface area contributed by atoms with Gasteiger partial charge in [-0.2, -0.15) is 0 Å². The standard InChI is InChI=1S/C14H21NO5/c1-9(14(19-4)20-5)15-13(16)10-6-11(17-2)8-12(7-10)18-3/h6-9,14H,1-5H3,(H,15,16). The average Bonchev–Trinajstić information content (AvgIpc) is 2.47. The molecule has 0 saturated carbocycles. The van der Waals surface area contributed by atoms with E-state index in [0.29, 0.717) is 17.1 Å². The molecule has 0 saturated heterocycles. The van der Waals surface area contributed by atoms with Gasteiger partial charge in [0.2, 0.25) is 0 Å². The lowest BCUT2D eigenvalue weighted by Crippen LogP contribution is -2.42. The van der Waals surface area contributed by atoms with Gasteiger partial charge in [-0.1, -0.05) is 0 Å². The molecule has 0 aliphatic carbocycles. The Kier molecular flexibility index (Phi) is 6.27. The van der Waals surface area contributed by atoms with Crippen molar-refractivity contribution < 1.29 is 23.7 Å². The highest BCUT2D eigenvalue weighted by Gasteiger charge is 2.19. The fraction of sp³-hybridized carbons (Fsp3) is 0.500. The van der Waals surface area contributed by atoms with Crippen LogP contribution in [0.5, 0.6) is 11.5 Å². The zero-order chi connectivity index (χ0) is 15.1. The molecule has 0 bridgehead atoms. The predicted octanol–water partition coefficient (Wildman–Crippen LogP) is 1.44. The molecule has 6 nitrogen and oxygen atoms in total. The number of hydrogen-bond donors (Lipinski definition) is 1. The van der Waals surface area contributed by atoms with Gasteiger partial charge in [-0.25, -0.2) is 0 Å². The molecule has 0 heterocycles. The maximum atomic E-state index is 12.2.